The average Bonchev–Trinajstić information content (AvgIpc) is 3.70. The van der Waals surface area contributed by atoms with Crippen molar-refractivity contribution in [1.82, 2.24) is 10.2 Å². The van der Waals surface area contributed by atoms with Gasteiger partial charge in [0.1, 0.15) is 29.7 Å². The maximum absolute atomic E-state index is 13.6. The number of nitrogens with zero attached hydrogens (tertiary/aromatic N) is 2. The zero-order valence-electron chi connectivity index (χ0n) is 26.1. The molecule has 0 bridgehead atoms. The molecule has 2 amide bonds. The number of fused-ring (bicyclic) bond motifs is 1. The standard InChI is InChI=1S/C33H47N3O7/c1-6-21-16-28(26(11-9-7-8-10-20-12-13-20)34-25-15-14-22(42-5)17-24(21)25)43-23-18-27(31(38)39)36(19-23)30(37)29(33(2,3)4)35-32(40)41/h14-17,20-21,23,27,29,35H,6-13,18-19H2,1-5H3,(H,38,39)(H,40,41). The first-order valence-electron chi connectivity index (χ1n) is 15.6. The lowest BCUT2D eigenvalue weighted by Gasteiger charge is -2.34. The number of allylic oxidation sites excluding steroid dienone is 2. The van der Waals surface area contributed by atoms with Crippen LogP contribution in [-0.4, -0.2) is 70.6 Å². The topological polar surface area (TPSA) is 138 Å². The molecule has 4 unspecified atom stereocenters. The number of aliphatic carboxylic acids is 1. The maximum Gasteiger partial charge on any atom is 0.405 e. The largest absolute Gasteiger partial charge is 0.497 e. The van der Waals surface area contributed by atoms with Gasteiger partial charge in [0.05, 0.1) is 25.1 Å². The van der Waals surface area contributed by atoms with Crippen LogP contribution in [0.2, 0.25) is 0 Å². The Kier molecular flexibility index (Phi) is 10.4. The Morgan fingerprint density at radius 1 is 1.14 bits per heavy atom. The van der Waals surface area contributed by atoms with E-state index in [2.05, 4.69) is 18.3 Å². The van der Waals surface area contributed by atoms with Crippen LogP contribution >= 0.6 is 0 Å². The van der Waals surface area contributed by atoms with Gasteiger partial charge < -0.3 is 29.9 Å². The fraction of sp³-hybridized carbons (Fsp3) is 0.636. The number of nitrogens with one attached hydrogen (secondary N) is 1. The van der Waals surface area contributed by atoms with Crippen molar-refractivity contribution in [2.24, 2.45) is 16.3 Å². The van der Waals surface area contributed by atoms with Crippen molar-refractivity contribution in [2.45, 2.75) is 110 Å². The molecule has 0 aromatic heterocycles. The fourth-order valence-electron chi connectivity index (χ4n) is 6.04. The van der Waals surface area contributed by atoms with E-state index in [-0.39, 0.29) is 18.9 Å². The molecule has 0 radical (unpaired) electrons. The van der Waals surface area contributed by atoms with Crippen molar-refractivity contribution in [3.8, 4) is 5.75 Å². The van der Waals surface area contributed by atoms with Crippen LogP contribution in [-0.2, 0) is 14.3 Å². The maximum atomic E-state index is 13.6. The van der Waals surface area contributed by atoms with Crippen molar-refractivity contribution in [2.75, 3.05) is 13.7 Å². The Balaban J connectivity index is 1.59. The number of aliphatic imine (C=N–C) groups is 1. The zero-order valence-corrected chi connectivity index (χ0v) is 26.1. The Morgan fingerprint density at radius 3 is 2.49 bits per heavy atom. The summed E-state index contributed by atoms with van der Waals surface area (Å²) in [7, 11) is 1.64. The van der Waals surface area contributed by atoms with E-state index in [1.54, 1.807) is 27.9 Å². The molecule has 0 spiro atoms. The molecular formula is C33H47N3O7. The van der Waals surface area contributed by atoms with E-state index in [1.807, 2.05) is 18.2 Å². The molecule has 1 saturated heterocycles. The molecule has 10 nitrogen and oxygen atoms in total. The third kappa shape index (κ3) is 8.30. The highest BCUT2D eigenvalue weighted by molar-refractivity contribution is 6.01. The van der Waals surface area contributed by atoms with E-state index in [1.165, 1.54) is 30.6 Å². The van der Waals surface area contributed by atoms with Gasteiger partial charge in [-0.1, -0.05) is 59.8 Å². The summed E-state index contributed by atoms with van der Waals surface area (Å²) < 4.78 is 12.1. The quantitative estimate of drug-likeness (QED) is 0.228. The fourth-order valence-corrected chi connectivity index (χ4v) is 6.04. The summed E-state index contributed by atoms with van der Waals surface area (Å²) in [6, 6.07) is 3.65. The normalized spacial score (nSPS) is 22.5. The Hall–Kier alpha value is -3.56. The van der Waals surface area contributed by atoms with Gasteiger partial charge in [-0.2, -0.15) is 0 Å². The summed E-state index contributed by atoms with van der Waals surface area (Å²) in [6.07, 6.45) is 9.04. The summed E-state index contributed by atoms with van der Waals surface area (Å²) in [5, 5.41) is 21.7. The van der Waals surface area contributed by atoms with Crippen LogP contribution in [0.15, 0.2) is 35.0 Å². The number of carboxylic acid groups (broad SMARTS) is 2. The second kappa shape index (κ2) is 13.8. The van der Waals surface area contributed by atoms with E-state index in [4.69, 9.17) is 14.5 Å². The second-order valence-corrected chi connectivity index (χ2v) is 13.1. The lowest BCUT2D eigenvalue weighted by atomic mass is 9.85. The molecule has 2 heterocycles. The molecule has 236 valence electrons. The summed E-state index contributed by atoms with van der Waals surface area (Å²) in [5.74, 6) is 0.579. The number of amides is 2. The van der Waals surface area contributed by atoms with Crippen molar-refractivity contribution < 1.29 is 34.1 Å². The van der Waals surface area contributed by atoms with Crippen LogP contribution in [0.5, 0.6) is 5.75 Å². The molecule has 1 aromatic carbocycles. The van der Waals surface area contributed by atoms with E-state index < -0.39 is 41.6 Å². The summed E-state index contributed by atoms with van der Waals surface area (Å²) >= 11 is 0. The molecule has 4 atom stereocenters. The number of hydrogen-bond donors (Lipinski definition) is 3. The number of ether oxygens (including phenoxy) is 2. The number of benzene rings is 1. The molecule has 1 aliphatic carbocycles. The van der Waals surface area contributed by atoms with Crippen LogP contribution in [0.25, 0.3) is 0 Å². The molecule has 3 N–H and O–H groups in total. The van der Waals surface area contributed by atoms with Gasteiger partial charge in [-0.05, 0) is 60.4 Å². The lowest BCUT2D eigenvalue weighted by Crippen LogP contribution is -2.56. The van der Waals surface area contributed by atoms with Gasteiger partial charge in [0, 0.05) is 12.3 Å². The minimum absolute atomic E-state index is 0.00987. The van der Waals surface area contributed by atoms with Gasteiger partial charge in [-0.15, -0.1) is 0 Å². The molecule has 2 aliphatic heterocycles. The molecule has 1 aromatic rings. The summed E-state index contributed by atoms with van der Waals surface area (Å²) in [5.41, 5.74) is 1.98. The number of likely N-dealkylation sites (tertiary alicyclic amines) is 1. The van der Waals surface area contributed by atoms with E-state index in [0.29, 0.717) is 5.76 Å². The number of unbranched alkanes of at least 4 members (excludes halogenated alkanes) is 2. The molecule has 4 rings (SSSR count). The average molecular weight is 598 g/mol. The Bertz CT molecular complexity index is 1250. The van der Waals surface area contributed by atoms with Gasteiger partial charge in [0.15, 0.2) is 0 Å². The Morgan fingerprint density at radius 2 is 1.88 bits per heavy atom. The minimum atomic E-state index is -1.34. The first-order chi connectivity index (χ1) is 20.4. The predicted molar refractivity (Wildman–Crippen MR) is 164 cm³/mol. The molecule has 43 heavy (non-hydrogen) atoms. The molecule has 10 heteroatoms. The van der Waals surface area contributed by atoms with Crippen LogP contribution in [0.4, 0.5) is 10.5 Å². The number of rotatable bonds is 13. The molecule has 1 saturated carbocycles. The van der Waals surface area contributed by atoms with Gasteiger partial charge in [-0.3, -0.25) is 4.79 Å². The first-order valence-corrected chi connectivity index (χ1v) is 15.6. The third-order valence-electron chi connectivity index (χ3n) is 8.69. The number of carboxylic acids is 1. The van der Waals surface area contributed by atoms with E-state index in [0.717, 1.165) is 54.3 Å². The van der Waals surface area contributed by atoms with Crippen LogP contribution in [0, 0.1) is 11.3 Å². The number of carbonyl (C=O) groups excluding carboxylic acids is 1. The lowest BCUT2D eigenvalue weighted by molar-refractivity contribution is -0.150. The SMILES string of the molecule is CCC1C=C(OC2CC(C(=O)O)N(C(=O)C(NC(=O)O)C(C)(C)C)C2)C(CCCCCC2CC2)=Nc2ccc(OC)cc21. The molecule has 3 aliphatic rings. The van der Waals surface area contributed by atoms with Crippen LogP contribution in [0.3, 0.4) is 0 Å². The monoisotopic (exact) mass is 597 g/mol. The van der Waals surface area contributed by atoms with Gasteiger partial charge in [-0.25, -0.2) is 14.6 Å². The minimum Gasteiger partial charge on any atom is -0.497 e. The highest BCUT2D eigenvalue weighted by Crippen LogP contribution is 2.39. The second-order valence-electron chi connectivity index (χ2n) is 13.1. The third-order valence-corrected chi connectivity index (χ3v) is 8.69. The highest BCUT2D eigenvalue weighted by Gasteiger charge is 2.46. The first kappa shape index (κ1) is 32.4. The van der Waals surface area contributed by atoms with Crippen LogP contribution < -0.4 is 10.1 Å². The van der Waals surface area contributed by atoms with E-state index in [9.17, 15) is 24.6 Å². The van der Waals surface area contributed by atoms with Crippen molar-refractivity contribution in [3.63, 3.8) is 0 Å². The van der Waals surface area contributed by atoms with Crippen molar-refractivity contribution in [1.29, 1.82) is 0 Å². The molecular weight excluding hydrogens is 550 g/mol. The highest BCUT2D eigenvalue weighted by atomic mass is 16.5. The van der Waals surface area contributed by atoms with Crippen LogP contribution in [0.1, 0.15) is 97.0 Å². The number of carbonyl (C=O) groups is 3. The number of hydrogen-bond acceptors (Lipinski definition) is 6. The predicted octanol–water partition coefficient (Wildman–Crippen LogP) is 6.27. The van der Waals surface area contributed by atoms with Gasteiger partial charge in [0.25, 0.3) is 0 Å². The summed E-state index contributed by atoms with van der Waals surface area (Å²) in [4.78, 5) is 43.7. The van der Waals surface area contributed by atoms with Gasteiger partial charge >= 0.3 is 12.1 Å². The van der Waals surface area contributed by atoms with Crippen molar-refractivity contribution in [3.05, 3.63) is 35.6 Å². The number of methoxy groups -OCH3 is 1. The van der Waals surface area contributed by atoms with E-state index >= 15 is 0 Å². The Labute approximate surface area is 254 Å². The van der Waals surface area contributed by atoms with Gasteiger partial charge in [0.2, 0.25) is 5.91 Å². The molecule has 2 fully saturated rings. The zero-order chi connectivity index (χ0) is 31.3. The summed E-state index contributed by atoms with van der Waals surface area (Å²) in [6.45, 7) is 7.36. The smallest absolute Gasteiger partial charge is 0.405 e. The van der Waals surface area contributed by atoms with Crippen molar-refractivity contribution >= 4 is 29.4 Å².